The molecule has 0 unspecified atom stereocenters. The SMILES string of the molecule is N#Cc1ccc(CCOc2cc3n(c(=O)n2)C[C@H]2CCCN32)cc1. The summed E-state index contributed by atoms with van der Waals surface area (Å²) in [6.45, 7) is 2.19. The molecule has 2 aromatic rings. The van der Waals surface area contributed by atoms with Crippen LogP contribution in [0.25, 0.3) is 0 Å². The highest BCUT2D eigenvalue weighted by Crippen LogP contribution is 2.32. The van der Waals surface area contributed by atoms with Crippen LogP contribution < -0.4 is 15.3 Å². The van der Waals surface area contributed by atoms with Crippen LogP contribution >= 0.6 is 0 Å². The van der Waals surface area contributed by atoms with E-state index in [9.17, 15) is 4.79 Å². The maximum Gasteiger partial charge on any atom is 0.352 e. The van der Waals surface area contributed by atoms with Crippen LogP contribution in [-0.4, -0.2) is 28.7 Å². The van der Waals surface area contributed by atoms with E-state index in [1.54, 1.807) is 16.7 Å². The average Bonchev–Trinajstić information content (AvgIpc) is 3.18. The van der Waals surface area contributed by atoms with Gasteiger partial charge in [0.05, 0.1) is 18.2 Å². The van der Waals surface area contributed by atoms with E-state index in [-0.39, 0.29) is 5.69 Å². The maximum absolute atomic E-state index is 12.2. The molecule has 3 heterocycles. The minimum atomic E-state index is -0.227. The Morgan fingerprint density at radius 3 is 2.96 bits per heavy atom. The van der Waals surface area contributed by atoms with Gasteiger partial charge in [-0.25, -0.2) is 4.79 Å². The van der Waals surface area contributed by atoms with E-state index in [1.807, 2.05) is 18.2 Å². The highest BCUT2D eigenvalue weighted by Gasteiger charge is 2.34. The molecular formula is C18H18N4O2. The van der Waals surface area contributed by atoms with Crippen molar-refractivity contribution >= 4 is 5.82 Å². The quantitative estimate of drug-likeness (QED) is 0.857. The zero-order chi connectivity index (χ0) is 16.5. The summed E-state index contributed by atoms with van der Waals surface area (Å²) in [6.07, 6.45) is 3.02. The number of hydrogen-bond acceptors (Lipinski definition) is 5. The molecule has 2 aliphatic rings. The smallest absolute Gasteiger partial charge is 0.352 e. The standard InChI is InChI=1S/C18H18N4O2/c19-11-14-5-3-13(4-6-14)7-9-24-16-10-17-21-8-1-2-15(21)12-22(17)18(23)20-16/h3-6,10,15H,1-2,7-9,12H2/t15-/m1/s1. The van der Waals surface area contributed by atoms with Gasteiger partial charge in [0.25, 0.3) is 0 Å². The third kappa shape index (κ3) is 2.62. The molecule has 1 saturated heterocycles. The molecule has 6 heteroatoms. The summed E-state index contributed by atoms with van der Waals surface area (Å²) in [5, 5.41) is 8.80. The Morgan fingerprint density at radius 1 is 1.33 bits per heavy atom. The zero-order valence-electron chi connectivity index (χ0n) is 13.3. The molecule has 0 N–H and O–H groups in total. The summed E-state index contributed by atoms with van der Waals surface area (Å²) in [7, 11) is 0. The van der Waals surface area contributed by atoms with Gasteiger partial charge in [-0.2, -0.15) is 10.2 Å². The van der Waals surface area contributed by atoms with Crippen molar-refractivity contribution in [2.75, 3.05) is 18.1 Å². The maximum atomic E-state index is 12.2. The number of anilines is 1. The molecule has 0 amide bonds. The van der Waals surface area contributed by atoms with E-state index in [4.69, 9.17) is 10.00 Å². The van der Waals surface area contributed by atoms with Gasteiger partial charge in [-0.05, 0) is 30.5 Å². The molecule has 4 rings (SSSR count). The molecule has 0 bridgehead atoms. The Balaban J connectivity index is 1.44. The fraction of sp³-hybridized carbons (Fsp3) is 0.389. The lowest BCUT2D eigenvalue weighted by Gasteiger charge is -2.17. The second-order valence-electron chi connectivity index (χ2n) is 6.24. The first kappa shape index (κ1) is 14.8. The number of hydrogen-bond donors (Lipinski definition) is 0. The number of ether oxygens (including phenoxy) is 1. The lowest BCUT2D eigenvalue weighted by atomic mass is 10.1. The van der Waals surface area contributed by atoms with Gasteiger partial charge in [-0.15, -0.1) is 0 Å². The van der Waals surface area contributed by atoms with Gasteiger partial charge in [0, 0.05) is 31.6 Å². The number of nitriles is 1. The lowest BCUT2D eigenvalue weighted by molar-refractivity contribution is 0.307. The Morgan fingerprint density at radius 2 is 2.17 bits per heavy atom. The number of benzene rings is 1. The Kier molecular flexibility index (Phi) is 3.69. The second kappa shape index (κ2) is 6.00. The number of fused-ring (bicyclic) bond motifs is 3. The summed E-state index contributed by atoms with van der Waals surface area (Å²) in [5.41, 5.74) is 1.51. The van der Waals surface area contributed by atoms with Crippen LogP contribution in [0.3, 0.4) is 0 Å². The molecule has 0 saturated carbocycles. The fourth-order valence-electron chi connectivity index (χ4n) is 3.51. The Hall–Kier alpha value is -2.81. The predicted octanol–water partition coefficient (Wildman–Crippen LogP) is 1.72. The molecule has 0 spiro atoms. The van der Waals surface area contributed by atoms with Crippen molar-refractivity contribution in [1.82, 2.24) is 9.55 Å². The second-order valence-corrected chi connectivity index (χ2v) is 6.24. The van der Waals surface area contributed by atoms with Crippen molar-refractivity contribution in [2.45, 2.75) is 31.8 Å². The van der Waals surface area contributed by atoms with Gasteiger partial charge in [0.1, 0.15) is 5.82 Å². The van der Waals surface area contributed by atoms with Gasteiger partial charge in [-0.1, -0.05) is 12.1 Å². The van der Waals surface area contributed by atoms with Gasteiger partial charge >= 0.3 is 5.69 Å². The highest BCUT2D eigenvalue weighted by molar-refractivity contribution is 5.48. The van der Waals surface area contributed by atoms with Crippen LogP contribution in [0, 0.1) is 11.3 Å². The number of nitrogens with zero attached hydrogens (tertiary/aromatic N) is 4. The lowest BCUT2D eigenvalue weighted by Crippen LogP contribution is -2.24. The van der Waals surface area contributed by atoms with Crippen LogP contribution in [0.15, 0.2) is 35.1 Å². The van der Waals surface area contributed by atoms with E-state index in [1.165, 1.54) is 6.42 Å². The van der Waals surface area contributed by atoms with E-state index < -0.39 is 0 Å². The third-order valence-electron chi connectivity index (χ3n) is 4.75. The monoisotopic (exact) mass is 322 g/mol. The van der Waals surface area contributed by atoms with Gasteiger partial charge < -0.3 is 9.64 Å². The van der Waals surface area contributed by atoms with Crippen molar-refractivity contribution in [3.8, 4) is 11.9 Å². The minimum absolute atomic E-state index is 0.227. The first-order chi connectivity index (χ1) is 11.7. The van der Waals surface area contributed by atoms with Crippen molar-refractivity contribution in [3.05, 3.63) is 51.9 Å². The van der Waals surface area contributed by atoms with Gasteiger partial charge in [0.2, 0.25) is 5.88 Å². The topological polar surface area (TPSA) is 71.1 Å². The van der Waals surface area contributed by atoms with Crippen LogP contribution in [0.4, 0.5) is 5.82 Å². The zero-order valence-corrected chi connectivity index (χ0v) is 13.3. The first-order valence-electron chi connectivity index (χ1n) is 8.25. The molecule has 6 nitrogen and oxygen atoms in total. The molecule has 1 fully saturated rings. The highest BCUT2D eigenvalue weighted by atomic mass is 16.5. The van der Waals surface area contributed by atoms with E-state index >= 15 is 0 Å². The normalized spacial score (nSPS) is 18.1. The van der Waals surface area contributed by atoms with Crippen molar-refractivity contribution in [2.24, 2.45) is 0 Å². The fourth-order valence-corrected chi connectivity index (χ4v) is 3.51. The summed E-state index contributed by atoms with van der Waals surface area (Å²) in [5.74, 6) is 1.33. The van der Waals surface area contributed by atoms with Crippen molar-refractivity contribution in [1.29, 1.82) is 5.26 Å². The predicted molar refractivity (Wildman–Crippen MR) is 89.2 cm³/mol. The van der Waals surface area contributed by atoms with Gasteiger partial charge in [0.15, 0.2) is 0 Å². The molecule has 0 aliphatic carbocycles. The number of rotatable bonds is 4. The Labute approximate surface area is 139 Å². The van der Waals surface area contributed by atoms with Crippen LogP contribution in [0.1, 0.15) is 24.0 Å². The van der Waals surface area contributed by atoms with Crippen molar-refractivity contribution in [3.63, 3.8) is 0 Å². The Bertz CT molecular complexity index is 851. The average molecular weight is 322 g/mol. The molecule has 1 aromatic heterocycles. The van der Waals surface area contributed by atoms with E-state index in [0.29, 0.717) is 30.5 Å². The van der Waals surface area contributed by atoms with Crippen LogP contribution in [-0.2, 0) is 13.0 Å². The molecule has 24 heavy (non-hydrogen) atoms. The summed E-state index contributed by atoms with van der Waals surface area (Å²) < 4.78 is 7.45. The molecule has 2 aliphatic heterocycles. The molecule has 0 radical (unpaired) electrons. The minimum Gasteiger partial charge on any atom is -0.477 e. The molecule has 122 valence electrons. The van der Waals surface area contributed by atoms with E-state index in [0.717, 1.165) is 30.9 Å². The summed E-state index contributed by atoms with van der Waals surface area (Å²) in [6, 6.07) is 11.8. The molecule has 1 aromatic carbocycles. The van der Waals surface area contributed by atoms with Crippen LogP contribution in [0.5, 0.6) is 5.88 Å². The molecule has 1 atom stereocenters. The van der Waals surface area contributed by atoms with Gasteiger partial charge in [-0.3, -0.25) is 4.57 Å². The van der Waals surface area contributed by atoms with Crippen LogP contribution in [0.2, 0.25) is 0 Å². The summed E-state index contributed by atoms with van der Waals surface area (Å²) in [4.78, 5) is 18.5. The van der Waals surface area contributed by atoms with E-state index in [2.05, 4.69) is 16.0 Å². The number of aromatic nitrogens is 2. The summed E-state index contributed by atoms with van der Waals surface area (Å²) >= 11 is 0. The van der Waals surface area contributed by atoms with Crippen molar-refractivity contribution < 1.29 is 4.74 Å². The largest absolute Gasteiger partial charge is 0.477 e. The first-order valence-corrected chi connectivity index (χ1v) is 8.25. The molecular weight excluding hydrogens is 304 g/mol. The third-order valence-corrected chi connectivity index (χ3v) is 4.75.